The van der Waals surface area contributed by atoms with Crippen LogP contribution in [0.3, 0.4) is 0 Å². The van der Waals surface area contributed by atoms with Gasteiger partial charge in [0.25, 0.3) is 0 Å². The van der Waals surface area contributed by atoms with Gasteiger partial charge in [0.05, 0.1) is 12.0 Å². The maximum Gasteiger partial charge on any atom is 0.232 e. The summed E-state index contributed by atoms with van der Waals surface area (Å²) in [6, 6.07) is 21.0. The minimum absolute atomic E-state index is 0.0680. The summed E-state index contributed by atoms with van der Waals surface area (Å²) in [6.07, 6.45) is 2.69. The third-order valence-corrected chi connectivity index (χ3v) is 5.62. The van der Waals surface area contributed by atoms with Gasteiger partial charge in [0.1, 0.15) is 11.5 Å². The normalized spacial score (nSPS) is 14.0. The van der Waals surface area contributed by atoms with Gasteiger partial charge in [-0.05, 0) is 36.6 Å². The molecule has 1 amide bonds. The van der Waals surface area contributed by atoms with E-state index in [9.17, 15) is 4.79 Å². The number of aromatic nitrogens is 3. The van der Waals surface area contributed by atoms with Gasteiger partial charge >= 0.3 is 0 Å². The lowest BCUT2D eigenvalue weighted by Crippen LogP contribution is -2.36. The van der Waals surface area contributed by atoms with Crippen LogP contribution in [0.4, 0.5) is 0 Å². The Labute approximate surface area is 180 Å². The molecule has 5 rings (SSSR count). The molecule has 0 fully saturated rings. The summed E-state index contributed by atoms with van der Waals surface area (Å²) in [4.78, 5) is 13.7. The molecule has 0 radical (unpaired) electrons. The summed E-state index contributed by atoms with van der Waals surface area (Å²) in [6.45, 7) is 4.28. The van der Waals surface area contributed by atoms with Gasteiger partial charge in [0.2, 0.25) is 5.91 Å². The molecule has 6 heteroatoms. The summed E-state index contributed by atoms with van der Waals surface area (Å²) in [5, 5.41) is 12.0. The Morgan fingerprint density at radius 2 is 1.61 bits per heavy atom. The lowest BCUT2D eigenvalue weighted by Gasteiger charge is -2.29. The molecule has 156 valence electrons. The van der Waals surface area contributed by atoms with Gasteiger partial charge in [-0.1, -0.05) is 56.3 Å². The topological polar surface area (TPSA) is 68.5 Å². The zero-order chi connectivity index (χ0) is 21.4. The van der Waals surface area contributed by atoms with Crippen LogP contribution in [0.2, 0.25) is 0 Å². The second kappa shape index (κ2) is 7.87. The van der Waals surface area contributed by atoms with Crippen molar-refractivity contribution >= 4 is 11.6 Å². The van der Waals surface area contributed by atoms with Crippen molar-refractivity contribution in [1.29, 1.82) is 0 Å². The van der Waals surface area contributed by atoms with Gasteiger partial charge in [-0.2, -0.15) is 0 Å². The van der Waals surface area contributed by atoms with Crippen molar-refractivity contribution in [3.8, 4) is 11.5 Å². The highest BCUT2D eigenvalue weighted by Gasteiger charge is 2.34. The summed E-state index contributed by atoms with van der Waals surface area (Å²) < 4.78 is 7.99. The molecule has 3 heterocycles. The summed E-state index contributed by atoms with van der Waals surface area (Å²) in [5.41, 5.74) is 2.50. The van der Waals surface area contributed by atoms with E-state index in [0.29, 0.717) is 5.92 Å². The fourth-order valence-corrected chi connectivity index (χ4v) is 4.25. The van der Waals surface area contributed by atoms with Crippen molar-refractivity contribution in [3.63, 3.8) is 0 Å². The minimum Gasteiger partial charge on any atom is -0.457 e. The first-order valence-electron chi connectivity index (χ1n) is 10.6. The molecule has 0 saturated heterocycles. The second-order valence-corrected chi connectivity index (χ2v) is 8.29. The number of fused-ring (bicyclic) bond motifs is 3. The highest BCUT2D eigenvalue weighted by atomic mass is 16.5. The third-order valence-electron chi connectivity index (χ3n) is 5.62. The number of benzene rings is 2. The summed E-state index contributed by atoms with van der Waals surface area (Å²) in [5.74, 6) is 2.03. The lowest BCUT2D eigenvalue weighted by molar-refractivity contribution is -0.122. The molecule has 6 nitrogen and oxygen atoms in total. The zero-order valence-electron chi connectivity index (χ0n) is 17.5. The van der Waals surface area contributed by atoms with Gasteiger partial charge in [-0.25, -0.2) is 0 Å². The Hall–Kier alpha value is -3.67. The molecule has 0 spiro atoms. The number of amides is 1. The molecule has 0 aliphatic carbocycles. The molecule has 1 atom stereocenters. The average molecular weight is 412 g/mol. The van der Waals surface area contributed by atoms with Crippen LogP contribution in [0.5, 0.6) is 11.5 Å². The fraction of sp³-hybridized carbons (Fsp3) is 0.240. The van der Waals surface area contributed by atoms with Crippen LogP contribution in [0.1, 0.15) is 49.2 Å². The molecule has 1 N–H and O–H groups in total. The van der Waals surface area contributed by atoms with E-state index < -0.39 is 5.92 Å². The zero-order valence-corrected chi connectivity index (χ0v) is 17.5. The molecule has 0 bridgehead atoms. The van der Waals surface area contributed by atoms with Crippen LogP contribution in [-0.2, 0) is 4.79 Å². The third kappa shape index (κ3) is 3.54. The molecular weight excluding hydrogens is 388 g/mol. The van der Waals surface area contributed by atoms with Crippen molar-refractivity contribution in [2.45, 2.75) is 32.2 Å². The molecule has 2 aromatic heterocycles. The first-order chi connectivity index (χ1) is 15.1. The van der Waals surface area contributed by atoms with Crippen molar-refractivity contribution in [2.75, 3.05) is 0 Å². The molecule has 31 heavy (non-hydrogen) atoms. The van der Waals surface area contributed by atoms with Crippen LogP contribution >= 0.6 is 0 Å². The SMILES string of the molecule is CC(C)CC(NC(=O)C1c2ccccc2Oc2ccccc21)c1nnc2ccccn12. The number of nitrogens with zero attached hydrogens (tertiary/aromatic N) is 3. The number of para-hydroxylation sites is 2. The Kier molecular flexibility index (Phi) is 4.90. The second-order valence-electron chi connectivity index (χ2n) is 8.29. The predicted molar refractivity (Wildman–Crippen MR) is 118 cm³/mol. The van der Waals surface area contributed by atoms with Crippen LogP contribution in [0.15, 0.2) is 72.9 Å². The number of pyridine rings is 1. The monoisotopic (exact) mass is 412 g/mol. The van der Waals surface area contributed by atoms with Gasteiger partial charge in [0.15, 0.2) is 11.5 Å². The number of nitrogens with one attached hydrogen (secondary N) is 1. The van der Waals surface area contributed by atoms with Crippen molar-refractivity contribution in [1.82, 2.24) is 19.9 Å². The maximum atomic E-state index is 13.7. The van der Waals surface area contributed by atoms with Gasteiger partial charge in [-0.15, -0.1) is 10.2 Å². The van der Waals surface area contributed by atoms with E-state index in [1.165, 1.54) is 0 Å². The molecule has 1 aliphatic rings. The average Bonchev–Trinajstić information content (AvgIpc) is 3.20. The Morgan fingerprint density at radius 3 is 2.29 bits per heavy atom. The Morgan fingerprint density at radius 1 is 0.968 bits per heavy atom. The quantitative estimate of drug-likeness (QED) is 0.508. The molecular formula is C25H24N4O2. The number of carbonyl (C=O) groups is 1. The van der Waals surface area contributed by atoms with E-state index in [1.54, 1.807) is 0 Å². The van der Waals surface area contributed by atoms with Gasteiger partial charge < -0.3 is 10.1 Å². The number of hydrogen-bond acceptors (Lipinski definition) is 4. The van der Waals surface area contributed by atoms with Crippen LogP contribution in [0.25, 0.3) is 5.65 Å². The number of hydrogen-bond donors (Lipinski definition) is 1. The Balaban J connectivity index is 1.53. The lowest BCUT2D eigenvalue weighted by atomic mass is 9.87. The number of rotatable bonds is 5. The van der Waals surface area contributed by atoms with E-state index in [0.717, 1.165) is 40.5 Å². The first-order valence-corrected chi connectivity index (χ1v) is 10.6. The fourth-order valence-electron chi connectivity index (χ4n) is 4.25. The van der Waals surface area contributed by atoms with E-state index in [4.69, 9.17) is 4.74 Å². The summed E-state index contributed by atoms with van der Waals surface area (Å²) >= 11 is 0. The van der Waals surface area contributed by atoms with E-state index in [2.05, 4.69) is 29.4 Å². The summed E-state index contributed by atoms with van der Waals surface area (Å²) in [7, 11) is 0. The maximum absolute atomic E-state index is 13.7. The van der Waals surface area contributed by atoms with E-state index in [1.807, 2.05) is 77.3 Å². The van der Waals surface area contributed by atoms with Crippen LogP contribution < -0.4 is 10.1 Å². The van der Waals surface area contributed by atoms with E-state index in [-0.39, 0.29) is 11.9 Å². The standard InChI is InChI=1S/C25H24N4O2/c1-16(2)15-19(24-28-27-22-13-7-8-14-29(22)24)26-25(30)23-17-9-3-5-11-20(17)31-21-12-6-4-10-18(21)23/h3-14,16,19,23H,15H2,1-2H3,(H,26,30). The van der Waals surface area contributed by atoms with Crippen LogP contribution in [-0.4, -0.2) is 20.5 Å². The molecule has 1 unspecified atom stereocenters. The van der Waals surface area contributed by atoms with Gasteiger partial charge in [0, 0.05) is 17.3 Å². The predicted octanol–water partition coefficient (Wildman–Crippen LogP) is 4.87. The van der Waals surface area contributed by atoms with Gasteiger partial charge in [-0.3, -0.25) is 9.20 Å². The minimum atomic E-state index is -0.449. The van der Waals surface area contributed by atoms with E-state index >= 15 is 0 Å². The molecule has 4 aromatic rings. The highest BCUT2D eigenvalue weighted by molar-refractivity contribution is 5.89. The first kappa shape index (κ1) is 19.3. The highest BCUT2D eigenvalue weighted by Crippen LogP contribution is 2.44. The van der Waals surface area contributed by atoms with Crippen LogP contribution in [0, 0.1) is 5.92 Å². The molecule has 1 aliphatic heterocycles. The Bertz CT molecular complexity index is 1200. The number of ether oxygens (including phenoxy) is 1. The molecule has 2 aromatic carbocycles. The molecule has 0 saturated carbocycles. The van der Waals surface area contributed by atoms with Crippen molar-refractivity contribution in [2.24, 2.45) is 5.92 Å². The smallest absolute Gasteiger partial charge is 0.232 e. The largest absolute Gasteiger partial charge is 0.457 e. The number of carbonyl (C=O) groups excluding carboxylic acids is 1. The van der Waals surface area contributed by atoms with Crippen molar-refractivity contribution < 1.29 is 9.53 Å². The van der Waals surface area contributed by atoms with Crippen molar-refractivity contribution in [3.05, 3.63) is 89.9 Å².